The largest absolute Gasteiger partial charge is 0.481 e. The molecule has 0 aromatic heterocycles. The van der Waals surface area contributed by atoms with Gasteiger partial charge in [0.05, 0.1) is 11.8 Å². The fourth-order valence-electron chi connectivity index (χ4n) is 4.56. The lowest BCUT2D eigenvalue weighted by Crippen LogP contribution is -2.44. The molecule has 182 valence electrons. The lowest BCUT2D eigenvalue weighted by molar-refractivity contribution is -0.143. The third kappa shape index (κ3) is 5.76. The zero-order chi connectivity index (χ0) is 24.7. The highest BCUT2D eigenvalue weighted by Crippen LogP contribution is 2.44. The van der Waals surface area contributed by atoms with E-state index in [0.29, 0.717) is 13.0 Å². The molecule has 2 unspecified atom stereocenters. The van der Waals surface area contributed by atoms with Gasteiger partial charge in [-0.3, -0.25) is 9.59 Å². The molecule has 7 heteroatoms. The SMILES string of the molecule is CCCC(CNC(=O)OCC1c2ccccc2-c2ccccc21)C(=O)N(CC)CC(C)C(=O)O. The number of aliphatic carboxylic acids is 1. The lowest BCUT2D eigenvalue weighted by Gasteiger charge is -2.27. The molecule has 0 radical (unpaired) electrons. The number of hydrogen-bond acceptors (Lipinski definition) is 4. The molecule has 2 aromatic carbocycles. The van der Waals surface area contributed by atoms with Crippen LogP contribution in [0.3, 0.4) is 0 Å². The van der Waals surface area contributed by atoms with Crippen molar-refractivity contribution in [2.24, 2.45) is 11.8 Å². The molecule has 0 bridgehead atoms. The van der Waals surface area contributed by atoms with E-state index in [-0.39, 0.29) is 31.5 Å². The highest BCUT2D eigenvalue weighted by atomic mass is 16.5. The summed E-state index contributed by atoms with van der Waals surface area (Å²) in [6.45, 7) is 6.32. The first kappa shape index (κ1) is 25.3. The van der Waals surface area contributed by atoms with E-state index in [9.17, 15) is 19.5 Å². The minimum atomic E-state index is -0.935. The van der Waals surface area contributed by atoms with Crippen molar-refractivity contribution in [2.45, 2.75) is 39.5 Å². The molecule has 34 heavy (non-hydrogen) atoms. The maximum absolute atomic E-state index is 13.0. The van der Waals surface area contributed by atoms with Gasteiger partial charge in [-0.05, 0) is 35.6 Å². The number of benzene rings is 2. The molecule has 0 saturated heterocycles. The van der Waals surface area contributed by atoms with Gasteiger partial charge in [-0.25, -0.2) is 4.79 Å². The smallest absolute Gasteiger partial charge is 0.407 e. The van der Waals surface area contributed by atoms with Gasteiger partial charge in [0, 0.05) is 25.6 Å². The molecule has 3 rings (SSSR count). The molecule has 0 fully saturated rings. The van der Waals surface area contributed by atoms with Crippen LogP contribution >= 0.6 is 0 Å². The molecule has 0 spiro atoms. The molecule has 0 heterocycles. The molecule has 0 saturated carbocycles. The fourth-order valence-corrected chi connectivity index (χ4v) is 4.56. The first-order chi connectivity index (χ1) is 16.4. The summed E-state index contributed by atoms with van der Waals surface area (Å²) in [7, 11) is 0. The number of hydrogen-bond donors (Lipinski definition) is 2. The quantitative estimate of drug-likeness (QED) is 0.508. The van der Waals surface area contributed by atoms with Gasteiger partial charge in [0.2, 0.25) is 5.91 Å². The monoisotopic (exact) mass is 466 g/mol. The summed E-state index contributed by atoms with van der Waals surface area (Å²) >= 11 is 0. The zero-order valence-electron chi connectivity index (χ0n) is 20.1. The van der Waals surface area contributed by atoms with Crippen molar-refractivity contribution < 1.29 is 24.2 Å². The maximum Gasteiger partial charge on any atom is 0.407 e. The van der Waals surface area contributed by atoms with Crippen LogP contribution in [0.5, 0.6) is 0 Å². The molecular weight excluding hydrogens is 432 g/mol. The van der Waals surface area contributed by atoms with E-state index in [1.54, 1.807) is 11.8 Å². The number of carboxylic acid groups (broad SMARTS) is 1. The molecule has 7 nitrogen and oxygen atoms in total. The third-order valence-electron chi connectivity index (χ3n) is 6.43. The van der Waals surface area contributed by atoms with Gasteiger partial charge in [-0.2, -0.15) is 0 Å². The van der Waals surface area contributed by atoms with Gasteiger partial charge in [-0.15, -0.1) is 0 Å². The normalized spacial score (nSPS) is 14.0. The van der Waals surface area contributed by atoms with Crippen molar-refractivity contribution in [3.8, 4) is 11.1 Å². The Balaban J connectivity index is 1.59. The number of nitrogens with zero attached hydrogens (tertiary/aromatic N) is 1. The summed E-state index contributed by atoms with van der Waals surface area (Å²) in [4.78, 5) is 38.3. The number of carbonyl (C=O) groups is 3. The molecule has 2 aromatic rings. The van der Waals surface area contributed by atoms with Crippen molar-refractivity contribution in [3.63, 3.8) is 0 Å². The van der Waals surface area contributed by atoms with Gasteiger partial charge in [0.1, 0.15) is 6.61 Å². The van der Waals surface area contributed by atoms with Gasteiger partial charge in [-0.1, -0.05) is 68.8 Å². The molecule has 2 amide bonds. The highest BCUT2D eigenvalue weighted by molar-refractivity contribution is 5.81. The number of carboxylic acids is 1. The molecule has 2 N–H and O–H groups in total. The highest BCUT2D eigenvalue weighted by Gasteiger charge is 2.30. The van der Waals surface area contributed by atoms with E-state index < -0.39 is 23.9 Å². The van der Waals surface area contributed by atoms with Gasteiger partial charge < -0.3 is 20.1 Å². The Hall–Kier alpha value is -3.35. The van der Waals surface area contributed by atoms with Gasteiger partial charge >= 0.3 is 12.1 Å². The van der Waals surface area contributed by atoms with Crippen molar-refractivity contribution in [1.29, 1.82) is 0 Å². The summed E-state index contributed by atoms with van der Waals surface area (Å²) in [6.07, 6.45) is 0.813. The van der Waals surface area contributed by atoms with E-state index in [1.165, 1.54) is 0 Å². The second-order valence-corrected chi connectivity index (χ2v) is 8.81. The van der Waals surface area contributed by atoms with Crippen LogP contribution in [0.25, 0.3) is 11.1 Å². The summed E-state index contributed by atoms with van der Waals surface area (Å²) in [5.74, 6) is -2.18. The summed E-state index contributed by atoms with van der Waals surface area (Å²) in [5, 5.41) is 11.9. The predicted octanol–water partition coefficient (Wildman–Crippen LogP) is 4.51. The van der Waals surface area contributed by atoms with Crippen LogP contribution in [0.15, 0.2) is 48.5 Å². The predicted molar refractivity (Wildman–Crippen MR) is 131 cm³/mol. The van der Waals surface area contributed by atoms with Crippen molar-refractivity contribution in [1.82, 2.24) is 10.2 Å². The first-order valence-electron chi connectivity index (χ1n) is 12.0. The van der Waals surface area contributed by atoms with Crippen LogP contribution < -0.4 is 5.32 Å². The number of carbonyl (C=O) groups excluding carboxylic acids is 2. The Morgan fingerprint density at radius 2 is 1.62 bits per heavy atom. The van der Waals surface area contributed by atoms with E-state index in [1.807, 2.05) is 38.1 Å². The Kier molecular flexibility index (Phi) is 8.68. The maximum atomic E-state index is 13.0. The van der Waals surface area contributed by atoms with Crippen LogP contribution in [-0.2, 0) is 14.3 Å². The number of rotatable bonds is 11. The Morgan fingerprint density at radius 3 is 2.15 bits per heavy atom. The van der Waals surface area contributed by atoms with Gasteiger partial charge in [0.15, 0.2) is 0 Å². The van der Waals surface area contributed by atoms with Crippen LogP contribution in [0, 0.1) is 11.8 Å². The second-order valence-electron chi connectivity index (χ2n) is 8.81. The number of ether oxygens (including phenoxy) is 1. The third-order valence-corrected chi connectivity index (χ3v) is 6.43. The summed E-state index contributed by atoms with van der Waals surface area (Å²) in [6, 6.07) is 16.3. The summed E-state index contributed by atoms with van der Waals surface area (Å²) < 4.78 is 5.58. The topological polar surface area (TPSA) is 95.9 Å². The van der Waals surface area contributed by atoms with Crippen LogP contribution in [0.2, 0.25) is 0 Å². The number of amides is 2. The Labute approximate surface area is 201 Å². The Morgan fingerprint density at radius 1 is 1.03 bits per heavy atom. The number of alkyl carbamates (subject to hydrolysis) is 1. The molecule has 2 atom stereocenters. The molecule has 1 aliphatic rings. The lowest BCUT2D eigenvalue weighted by atomic mass is 9.98. The molecule has 0 aliphatic heterocycles. The van der Waals surface area contributed by atoms with E-state index in [2.05, 4.69) is 29.6 Å². The number of nitrogens with one attached hydrogen (secondary N) is 1. The van der Waals surface area contributed by atoms with Crippen molar-refractivity contribution in [2.75, 3.05) is 26.2 Å². The first-order valence-corrected chi connectivity index (χ1v) is 12.0. The minimum Gasteiger partial charge on any atom is -0.481 e. The molecular formula is C27H34N2O5. The van der Waals surface area contributed by atoms with Crippen molar-refractivity contribution in [3.05, 3.63) is 59.7 Å². The number of fused-ring (bicyclic) bond motifs is 3. The standard InChI is InChI=1S/C27H34N2O5/c1-4-10-19(25(30)29(5-2)16-18(3)26(31)32)15-28-27(33)34-17-24-22-13-8-6-11-20(22)21-12-7-9-14-23(21)24/h6-9,11-14,18-19,24H,4-5,10,15-17H2,1-3H3,(H,28,33)(H,31,32). The average Bonchev–Trinajstić information content (AvgIpc) is 3.16. The van der Waals surface area contributed by atoms with E-state index in [0.717, 1.165) is 28.7 Å². The van der Waals surface area contributed by atoms with E-state index >= 15 is 0 Å². The van der Waals surface area contributed by atoms with Crippen LogP contribution in [-0.4, -0.2) is 54.2 Å². The second kappa shape index (κ2) is 11.7. The average molecular weight is 467 g/mol. The fraction of sp³-hybridized carbons (Fsp3) is 0.444. The zero-order valence-corrected chi connectivity index (χ0v) is 20.1. The van der Waals surface area contributed by atoms with E-state index in [4.69, 9.17) is 4.74 Å². The summed E-state index contributed by atoms with van der Waals surface area (Å²) in [5.41, 5.74) is 4.61. The molecule has 1 aliphatic carbocycles. The van der Waals surface area contributed by atoms with Gasteiger partial charge in [0.25, 0.3) is 0 Å². The minimum absolute atomic E-state index is 0.0284. The van der Waals surface area contributed by atoms with Crippen LogP contribution in [0.4, 0.5) is 4.79 Å². The van der Waals surface area contributed by atoms with Crippen molar-refractivity contribution >= 4 is 18.0 Å². The Bertz CT molecular complexity index is 976. The van der Waals surface area contributed by atoms with Crippen LogP contribution in [0.1, 0.15) is 50.7 Å².